The van der Waals surface area contributed by atoms with Crippen LogP contribution in [0.1, 0.15) is 34.2 Å². The highest BCUT2D eigenvalue weighted by Crippen LogP contribution is 2.34. The van der Waals surface area contributed by atoms with E-state index in [9.17, 15) is 18.0 Å². The van der Waals surface area contributed by atoms with Crippen molar-refractivity contribution in [3.8, 4) is 0 Å². The van der Waals surface area contributed by atoms with Gasteiger partial charge in [0.05, 0.1) is 10.6 Å². The van der Waals surface area contributed by atoms with Crippen molar-refractivity contribution >= 4 is 39.0 Å². The Hall–Kier alpha value is -1.61. The Morgan fingerprint density at radius 2 is 1.88 bits per heavy atom. The number of aromatic nitrogens is 1. The Kier molecular flexibility index (Phi) is 5.57. The van der Waals surface area contributed by atoms with Crippen LogP contribution < -0.4 is 5.32 Å². The molecule has 26 heavy (non-hydrogen) atoms. The van der Waals surface area contributed by atoms with E-state index in [1.807, 2.05) is 6.92 Å². The minimum absolute atomic E-state index is 0.292. The Labute approximate surface area is 161 Å². The number of likely N-dealkylation sites (tertiary alicyclic amines) is 1. The summed E-state index contributed by atoms with van der Waals surface area (Å²) in [4.78, 5) is 19.7. The molecule has 1 aromatic carbocycles. The third-order valence-corrected chi connectivity index (χ3v) is 6.52. The zero-order chi connectivity index (χ0) is 18.9. The predicted octanol–water partition coefficient (Wildman–Crippen LogP) is 5.64. The SMILES string of the molecule is Cc1sc(C2CCN(C(=O)Nc3ccc(C(F)(F)F)cc3)CC2)nc1Br. The van der Waals surface area contributed by atoms with Gasteiger partial charge in [0.25, 0.3) is 0 Å². The van der Waals surface area contributed by atoms with Gasteiger partial charge in [0.15, 0.2) is 0 Å². The number of aryl methyl sites for hydroxylation is 1. The lowest BCUT2D eigenvalue weighted by molar-refractivity contribution is -0.137. The zero-order valence-electron chi connectivity index (χ0n) is 13.9. The minimum Gasteiger partial charge on any atom is -0.324 e. The highest BCUT2D eigenvalue weighted by atomic mass is 79.9. The number of carbonyl (C=O) groups excluding carboxylic acids is 1. The van der Waals surface area contributed by atoms with Gasteiger partial charge in [-0.05, 0) is 60.0 Å². The molecule has 0 unspecified atom stereocenters. The summed E-state index contributed by atoms with van der Waals surface area (Å²) in [5, 5.41) is 3.74. The van der Waals surface area contributed by atoms with Crippen LogP contribution in [0.2, 0.25) is 0 Å². The molecule has 2 amide bonds. The summed E-state index contributed by atoms with van der Waals surface area (Å²) in [5.74, 6) is 0.333. The Morgan fingerprint density at radius 1 is 1.27 bits per heavy atom. The van der Waals surface area contributed by atoms with Crippen molar-refractivity contribution in [1.29, 1.82) is 0 Å². The number of nitrogens with zero attached hydrogens (tertiary/aromatic N) is 2. The van der Waals surface area contributed by atoms with E-state index in [1.54, 1.807) is 16.2 Å². The number of piperidine rings is 1. The van der Waals surface area contributed by atoms with E-state index in [0.29, 0.717) is 24.7 Å². The van der Waals surface area contributed by atoms with Crippen LogP contribution >= 0.6 is 27.3 Å². The van der Waals surface area contributed by atoms with Gasteiger partial charge in [0, 0.05) is 29.6 Å². The molecule has 0 aliphatic carbocycles. The van der Waals surface area contributed by atoms with E-state index >= 15 is 0 Å². The van der Waals surface area contributed by atoms with E-state index < -0.39 is 11.7 Å². The summed E-state index contributed by atoms with van der Waals surface area (Å²) in [6.07, 6.45) is -2.74. The molecular weight excluding hydrogens is 431 g/mol. The average molecular weight is 448 g/mol. The van der Waals surface area contributed by atoms with Gasteiger partial charge in [-0.3, -0.25) is 0 Å². The molecule has 2 heterocycles. The van der Waals surface area contributed by atoms with Crippen molar-refractivity contribution in [2.75, 3.05) is 18.4 Å². The summed E-state index contributed by atoms with van der Waals surface area (Å²) in [6, 6.07) is 4.17. The summed E-state index contributed by atoms with van der Waals surface area (Å²) in [6.45, 7) is 3.19. The van der Waals surface area contributed by atoms with Crippen LogP contribution in [-0.4, -0.2) is 29.0 Å². The average Bonchev–Trinajstić information content (AvgIpc) is 2.94. The number of hydrogen-bond donors (Lipinski definition) is 1. The molecule has 140 valence electrons. The third kappa shape index (κ3) is 4.37. The largest absolute Gasteiger partial charge is 0.416 e. The molecule has 1 aliphatic heterocycles. The van der Waals surface area contributed by atoms with E-state index in [4.69, 9.17) is 0 Å². The fraction of sp³-hybridized carbons (Fsp3) is 0.412. The fourth-order valence-corrected chi connectivity index (χ4v) is 4.38. The lowest BCUT2D eigenvalue weighted by Gasteiger charge is -2.31. The molecule has 3 rings (SSSR count). The fourth-order valence-electron chi connectivity index (χ4n) is 2.85. The van der Waals surface area contributed by atoms with E-state index in [1.165, 1.54) is 12.1 Å². The second-order valence-electron chi connectivity index (χ2n) is 6.17. The maximum absolute atomic E-state index is 12.6. The summed E-state index contributed by atoms with van der Waals surface area (Å²) < 4.78 is 38.6. The molecule has 0 saturated carbocycles. The molecule has 4 nitrogen and oxygen atoms in total. The number of hydrogen-bond acceptors (Lipinski definition) is 3. The quantitative estimate of drug-likeness (QED) is 0.646. The Balaban J connectivity index is 1.55. The molecule has 1 aromatic heterocycles. The number of thiazole rings is 1. The topological polar surface area (TPSA) is 45.2 Å². The molecule has 1 N–H and O–H groups in total. The predicted molar refractivity (Wildman–Crippen MR) is 98.6 cm³/mol. The first-order chi connectivity index (χ1) is 12.2. The molecule has 0 radical (unpaired) electrons. The lowest BCUT2D eigenvalue weighted by atomic mass is 9.98. The Bertz CT molecular complexity index is 764. The van der Waals surface area contributed by atoms with E-state index in [0.717, 1.165) is 39.5 Å². The third-order valence-electron chi connectivity index (χ3n) is 4.35. The molecule has 1 fully saturated rings. The lowest BCUT2D eigenvalue weighted by Crippen LogP contribution is -2.40. The van der Waals surface area contributed by atoms with Crippen molar-refractivity contribution in [2.24, 2.45) is 0 Å². The number of carbonyl (C=O) groups is 1. The van der Waals surface area contributed by atoms with Crippen LogP contribution in [0.3, 0.4) is 0 Å². The molecule has 1 aliphatic rings. The van der Waals surface area contributed by atoms with Crippen molar-refractivity contribution in [2.45, 2.75) is 31.9 Å². The first kappa shape index (κ1) is 19.2. The number of rotatable bonds is 2. The number of benzene rings is 1. The summed E-state index contributed by atoms with van der Waals surface area (Å²) in [7, 11) is 0. The molecule has 0 spiro atoms. The van der Waals surface area contributed by atoms with Gasteiger partial charge < -0.3 is 10.2 Å². The first-order valence-electron chi connectivity index (χ1n) is 8.10. The van der Waals surface area contributed by atoms with Crippen LogP contribution in [0.25, 0.3) is 0 Å². The van der Waals surface area contributed by atoms with Gasteiger partial charge in [-0.1, -0.05) is 0 Å². The Morgan fingerprint density at radius 3 is 2.38 bits per heavy atom. The van der Waals surface area contributed by atoms with E-state index in [-0.39, 0.29) is 6.03 Å². The van der Waals surface area contributed by atoms with E-state index in [2.05, 4.69) is 26.2 Å². The second kappa shape index (κ2) is 7.56. The number of halogens is 4. The number of nitrogens with one attached hydrogen (secondary N) is 1. The molecule has 0 atom stereocenters. The summed E-state index contributed by atoms with van der Waals surface area (Å²) >= 11 is 5.09. The maximum atomic E-state index is 12.6. The van der Waals surface area contributed by atoms with Crippen LogP contribution in [0.4, 0.5) is 23.7 Å². The monoisotopic (exact) mass is 447 g/mol. The maximum Gasteiger partial charge on any atom is 0.416 e. The van der Waals surface area contributed by atoms with Gasteiger partial charge in [-0.25, -0.2) is 9.78 Å². The molecule has 2 aromatic rings. The number of alkyl halides is 3. The van der Waals surface area contributed by atoms with Crippen LogP contribution in [0.15, 0.2) is 28.9 Å². The van der Waals surface area contributed by atoms with Crippen molar-refractivity contribution in [3.05, 3.63) is 44.3 Å². The smallest absolute Gasteiger partial charge is 0.324 e. The van der Waals surface area contributed by atoms with Crippen LogP contribution in [-0.2, 0) is 6.18 Å². The highest BCUT2D eigenvalue weighted by Gasteiger charge is 2.30. The van der Waals surface area contributed by atoms with Crippen molar-refractivity contribution in [3.63, 3.8) is 0 Å². The number of anilines is 1. The van der Waals surface area contributed by atoms with Crippen molar-refractivity contribution in [1.82, 2.24) is 9.88 Å². The second-order valence-corrected chi connectivity index (χ2v) is 8.15. The number of amides is 2. The van der Waals surface area contributed by atoms with Gasteiger partial charge in [-0.15, -0.1) is 11.3 Å². The highest BCUT2D eigenvalue weighted by molar-refractivity contribution is 9.10. The van der Waals surface area contributed by atoms with Gasteiger partial charge in [0.2, 0.25) is 0 Å². The van der Waals surface area contributed by atoms with Gasteiger partial charge in [0.1, 0.15) is 4.60 Å². The minimum atomic E-state index is -4.38. The van der Waals surface area contributed by atoms with Crippen LogP contribution in [0.5, 0.6) is 0 Å². The molecular formula is C17H17BrF3N3OS. The zero-order valence-corrected chi connectivity index (χ0v) is 16.3. The molecule has 9 heteroatoms. The standard InChI is InChI=1S/C17H17BrF3N3OS/c1-10-14(18)23-15(26-10)11-6-8-24(9-7-11)16(25)22-13-4-2-12(3-5-13)17(19,20)21/h2-5,11H,6-9H2,1H3,(H,22,25). The normalized spacial score (nSPS) is 16.0. The molecule has 1 saturated heterocycles. The van der Waals surface area contributed by atoms with Gasteiger partial charge >= 0.3 is 12.2 Å². The first-order valence-corrected chi connectivity index (χ1v) is 9.71. The van der Waals surface area contributed by atoms with Crippen LogP contribution in [0, 0.1) is 6.92 Å². The van der Waals surface area contributed by atoms with Gasteiger partial charge in [-0.2, -0.15) is 13.2 Å². The van der Waals surface area contributed by atoms with Crippen molar-refractivity contribution < 1.29 is 18.0 Å². The summed E-state index contributed by atoms with van der Waals surface area (Å²) in [5.41, 5.74) is -0.384. The molecule has 0 bridgehead atoms. The number of urea groups is 1.